The molecule has 1 unspecified atom stereocenters. The molecule has 0 bridgehead atoms. The number of anilines is 2. The van der Waals surface area contributed by atoms with Gasteiger partial charge in [-0.15, -0.1) is 0 Å². The SMILES string of the molecule is CC(OC(=O)c1ccc(N2CCCCC2=O)cc1)C(=O)Nc1ccc([N+](=O)[O-])cc1Cl. The number of halogens is 1. The van der Waals surface area contributed by atoms with Crippen LogP contribution in [0.15, 0.2) is 42.5 Å². The van der Waals surface area contributed by atoms with Gasteiger partial charge in [-0.05, 0) is 50.1 Å². The average molecular weight is 446 g/mol. The van der Waals surface area contributed by atoms with Crippen LogP contribution < -0.4 is 10.2 Å². The molecule has 1 atom stereocenters. The van der Waals surface area contributed by atoms with Crippen LogP contribution in [0.4, 0.5) is 17.1 Å². The van der Waals surface area contributed by atoms with Gasteiger partial charge in [0.15, 0.2) is 6.10 Å². The molecule has 31 heavy (non-hydrogen) atoms. The number of hydrogen-bond acceptors (Lipinski definition) is 6. The van der Waals surface area contributed by atoms with E-state index in [2.05, 4.69) is 5.32 Å². The van der Waals surface area contributed by atoms with Gasteiger partial charge < -0.3 is 15.0 Å². The number of non-ortho nitro benzene ring substituents is 1. The fraction of sp³-hybridized carbons (Fsp3) is 0.286. The first-order valence-electron chi connectivity index (χ1n) is 9.62. The van der Waals surface area contributed by atoms with Crippen LogP contribution in [-0.4, -0.2) is 35.4 Å². The number of nitro benzene ring substituents is 1. The molecule has 0 radical (unpaired) electrons. The van der Waals surface area contributed by atoms with Crippen LogP contribution in [0.5, 0.6) is 0 Å². The van der Waals surface area contributed by atoms with Crippen molar-refractivity contribution >= 4 is 46.4 Å². The van der Waals surface area contributed by atoms with Gasteiger partial charge in [0.05, 0.1) is 21.2 Å². The number of nitrogens with one attached hydrogen (secondary N) is 1. The number of esters is 1. The van der Waals surface area contributed by atoms with Gasteiger partial charge in [-0.2, -0.15) is 0 Å². The lowest BCUT2D eigenvalue weighted by Gasteiger charge is -2.26. The number of ether oxygens (including phenoxy) is 1. The molecule has 1 fully saturated rings. The Morgan fingerprint density at radius 3 is 2.52 bits per heavy atom. The average Bonchev–Trinajstić information content (AvgIpc) is 2.75. The summed E-state index contributed by atoms with van der Waals surface area (Å²) < 4.78 is 5.20. The highest BCUT2D eigenvalue weighted by Crippen LogP contribution is 2.27. The van der Waals surface area contributed by atoms with E-state index in [0.29, 0.717) is 18.7 Å². The molecule has 9 nitrogen and oxygen atoms in total. The summed E-state index contributed by atoms with van der Waals surface area (Å²) in [5.41, 5.74) is 0.897. The van der Waals surface area contributed by atoms with E-state index in [0.717, 1.165) is 18.9 Å². The first-order chi connectivity index (χ1) is 14.8. The first kappa shape index (κ1) is 22.2. The Labute approximate surface area is 183 Å². The number of hydrogen-bond donors (Lipinski definition) is 1. The lowest BCUT2D eigenvalue weighted by molar-refractivity contribution is -0.384. The zero-order valence-electron chi connectivity index (χ0n) is 16.7. The fourth-order valence-corrected chi connectivity index (χ4v) is 3.31. The maximum Gasteiger partial charge on any atom is 0.338 e. The van der Waals surface area contributed by atoms with E-state index in [4.69, 9.17) is 16.3 Å². The Morgan fingerprint density at radius 2 is 1.90 bits per heavy atom. The number of nitrogens with zero attached hydrogens (tertiary/aromatic N) is 2. The van der Waals surface area contributed by atoms with Crippen molar-refractivity contribution < 1.29 is 24.0 Å². The summed E-state index contributed by atoms with van der Waals surface area (Å²) in [6, 6.07) is 10.0. The van der Waals surface area contributed by atoms with Gasteiger partial charge >= 0.3 is 5.97 Å². The van der Waals surface area contributed by atoms with E-state index in [-0.39, 0.29) is 27.9 Å². The van der Waals surface area contributed by atoms with Gasteiger partial charge in [-0.1, -0.05) is 11.6 Å². The van der Waals surface area contributed by atoms with E-state index in [9.17, 15) is 24.5 Å². The number of amides is 2. The van der Waals surface area contributed by atoms with E-state index >= 15 is 0 Å². The van der Waals surface area contributed by atoms with Gasteiger partial charge in [-0.25, -0.2) is 4.79 Å². The van der Waals surface area contributed by atoms with Crippen molar-refractivity contribution in [1.29, 1.82) is 0 Å². The summed E-state index contributed by atoms with van der Waals surface area (Å²) in [5, 5.41) is 13.2. The maximum absolute atomic E-state index is 12.4. The van der Waals surface area contributed by atoms with Crippen molar-refractivity contribution in [1.82, 2.24) is 0 Å². The molecule has 0 aliphatic carbocycles. The molecule has 0 aromatic heterocycles. The van der Waals surface area contributed by atoms with Crippen LogP contribution >= 0.6 is 11.6 Å². The monoisotopic (exact) mass is 445 g/mol. The summed E-state index contributed by atoms with van der Waals surface area (Å²) >= 11 is 5.96. The van der Waals surface area contributed by atoms with E-state index in [1.807, 2.05) is 0 Å². The second kappa shape index (κ2) is 9.57. The third kappa shape index (κ3) is 5.37. The zero-order chi connectivity index (χ0) is 22.5. The van der Waals surface area contributed by atoms with Gasteiger partial charge in [0.1, 0.15) is 0 Å². The maximum atomic E-state index is 12.4. The third-order valence-corrected chi connectivity index (χ3v) is 5.13. The predicted octanol–water partition coefficient (Wildman–Crippen LogP) is 3.95. The lowest BCUT2D eigenvalue weighted by Crippen LogP contribution is -2.35. The number of carbonyl (C=O) groups excluding carboxylic acids is 3. The molecule has 0 spiro atoms. The van der Waals surface area contributed by atoms with Crippen molar-refractivity contribution in [3.63, 3.8) is 0 Å². The van der Waals surface area contributed by atoms with Crippen molar-refractivity contribution in [3.8, 4) is 0 Å². The molecule has 1 aliphatic rings. The Bertz CT molecular complexity index is 1020. The lowest BCUT2D eigenvalue weighted by atomic mass is 10.1. The Morgan fingerprint density at radius 1 is 1.19 bits per heavy atom. The quantitative estimate of drug-likeness (QED) is 0.408. The minimum atomic E-state index is -1.14. The van der Waals surface area contributed by atoms with Gasteiger partial charge in [0, 0.05) is 30.8 Å². The molecule has 1 N–H and O–H groups in total. The van der Waals surface area contributed by atoms with Crippen LogP contribution in [0.1, 0.15) is 36.5 Å². The summed E-state index contributed by atoms with van der Waals surface area (Å²) in [6.07, 6.45) is 1.18. The summed E-state index contributed by atoms with van der Waals surface area (Å²) in [6.45, 7) is 2.04. The first-order valence-corrected chi connectivity index (χ1v) is 10.0. The van der Waals surface area contributed by atoms with E-state index < -0.39 is 22.9 Å². The molecule has 1 heterocycles. The minimum Gasteiger partial charge on any atom is -0.449 e. The van der Waals surface area contributed by atoms with Crippen molar-refractivity contribution in [3.05, 3.63) is 63.2 Å². The number of nitro groups is 1. The molecular weight excluding hydrogens is 426 g/mol. The topological polar surface area (TPSA) is 119 Å². The second-order valence-electron chi connectivity index (χ2n) is 7.01. The van der Waals surface area contributed by atoms with Crippen molar-refractivity contribution in [2.24, 2.45) is 0 Å². The zero-order valence-corrected chi connectivity index (χ0v) is 17.4. The fourth-order valence-electron chi connectivity index (χ4n) is 3.09. The Balaban J connectivity index is 1.60. The minimum absolute atomic E-state index is 0.0103. The standard InChI is InChI=1S/C21H20ClN3O6/c1-13(20(27)23-18-10-9-16(25(29)30)12-17(18)22)31-21(28)14-5-7-15(8-6-14)24-11-3-2-4-19(24)26/h5-10,12-13H,2-4,11H2,1H3,(H,23,27). The molecule has 2 aromatic rings. The Kier molecular flexibility index (Phi) is 6.86. The summed E-state index contributed by atoms with van der Waals surface area (Å²) in [5.74, 6) is -1.29. The van der Waals surface area contributed by atoms with Crippen molar-refractivity contribution in [2.75, 3.05) is 16.8 Å². The highest BCUT2D eigenvalue weighted by molar-refractivity contribution is 6.34. The summed E-state index contributed by atoms with van der Waals surface area (Å²) in [7, 11) is 0. The molecular formula is C21H20ClN3O6. The molecule has 10 heteroatoms. The third-order valence-electron chi connectivity index (χ3n) is 4.81. The van der Waals surface area contributed by atoms with Gasteiger partial charge in [0.25, 0.3) is 11.6 Å². The van der Waals surface area contributed by atoms with E-state index in [1.165, 1.54) is 31.2 Å². The van der Waals surface area contributed by atoms with Gasteiger partial charge in [-0.3, -0.25) is 19.7 Å². The normalized spacial score (nSPS) is 14.6. The number of benzene rings is 2. The van der Waals surface area contributed by atoms with Crippen LogP contribution in [0.25, 0.3) is 0 Å². The highest BCUT2D eigenvalue weighted by Gasteiger charge is 2.22. The van der Waals surface area contributed by atoms with Crippen LogP contribution in [-0.2, 0) is 14.3 Å². The van der Waals surface area contributed by atoms with Crippen LogP contribution in [0.3, 0.4) is 0 Å². The highest BCUT2D eigenvalue weighted by atomic mass is 35.5. The number of rotatable bonds is 6. The number of carbonyl (C=O) groups is 3. The largest absolute Gasteiger partial charge is 0.449 e. The van der Waals surface area contributed by atoms with Crippen LogP contribution in [0.2, 0.25) is 5.02 Å². The molecule has 162 valence electrons. The van der Waals surface area contributed by atoms with Gasteiger partial charge in [0.2, 0.25) is 5.91 Å². The Hall–Kier alpha value is -3.46. The van der Waals surface area contributed by atoms with Crippen LogP contribution in [0, 0.1) is 10.1 Å². The smallest absolute Gasteiger partial charge is 0.338 e. The molecule has 1 saturated heterocycles. The molecule has 1 aliphatic heterocycles. The van der Waals surface area contributed by atoms with E-state index in [1.54, 1.807) is 17.0 Å². The molecule has 3 rings (SSSR count). The summed E-state index contributed by atoms with van der Waals surface area (Å²) in [4.78, 5) is 48.5. The molecule has 2 aromatic carbocycles. The predicted molar refractivity (Wildman–Crippen MR) is 114 cm³/mol. The van der Waals surface area contributed by atoms with Crippen molar-refractivity contribution in [2.45, 2.75) is 32.3 Å². The second-order valence-corrected chi connectivity index (χ2v) is 7.41. The molecule has 0 saturated carbocycles. The number of piperidine rings is 1. The molecule has 2 amide bonds.